The van der Waals surface area contributed by atoms with Crippen LogP contribution in [0.25, 0.3) is 0 Å². The van der Waals surface area contributed by atoms with E-state index in [9.17, 15) is 19.7 Å². The minimum absolute atomic E-state index is 0.0464. The molecule has 1 N–H and O–H groups in total. The van der Waals surface area contributed by atoms with Crippen molar-refractivity contribution in [2.75, 3.05) is 12.0 Å². The Morgan fingerprint density at radius 2 is 1.45 bits per heavy atom. The number of rotatable bonds is 6. The van der Waals surface area contributed by atoms with Crippen molar-refractivity contribution < 1.29 is 14.5 Å². The quantitative estimate of drug-likeness (QED) is 0.249. The zero-order chi connectivity index (χ0) is 26.1. The fourth-order valence-electron chi connectivity index (χ4n) is 8.45. The SMILES string of the molecule is O=C1c2cccc([N+](=O)[O-])c2C(=O)N1CNc1ccc(C23C[C@H]4C[C@@H](CC(c5ccccc5)(C4)C2)C3)cc1. The monoisotopic (exact) mass is 507 g/mol. The number of nitrogens with zero attached hydrogens (tertiary/aromatic N) is 2. The molecule has 0 aromatic heterocycles. The van der Waals surface area contributed by atoms with Crippen LogP contribution in [0.4, 0.5) is 11.4 Å². The number of fused-ring (bicyclic) bond motifs is 1. The molecule has 7 heteroatoms. The molecule has 0 radical (unpaired) electrons. The van der Waals surface area contributed by atoms with Crippen LogP contribution in [0.1, 0.15) is 70.4 Å². The highest BCUT2D eigenvalue weighted by molar-refractivity contribution is 6.23. The van der Waals surface area contributed by atoms with E-state index in [0.29, 0.717) is 0 Å². The number of carbonyl (C=O) groups is 2. The molecule has 0 saturated heterocycles. The summed E-state index contributed by atoms with van der Waals surface area (Å²) in [6.45, 7) is -0.0464. The molecular weight excluding hydrogens is 478 g/mol. The molecule has 4 aliphatic carbocycles. The smallest absolute Gasteiger partial charge is 0.282 e. The Hall–Kier alpha value is -4.00. The van der Waals surface area contributed by atoms with E-state index in [1.807, 2.05) is 12.1 Å². The molecule has 2 atom stereocenters. The number of nitro benzene ring substituents is 1. The van der Waals surface area contributed by atoms with Crippen LogP contribution in [-0.4, -0.2) is 28.3 Å². The van der Waals surface area contributed by atoms with Crippen LogP contribution >= 0.6 is 0 Å². The van der Waals surface area contributed by atoms with Crippen molar-refractivity contribution >= 4 is 23.2 Å². The lowest BCUT2D eigenvalue weighted by Gasteiger charge is -2.62. The normalized spacial score (nSPS) is 29.0. The largest absolute Gasteiger partial charge is 0.367 e. The molecule has 2 amide bonds. The number of amides is 2. The second-order valence-corrected chi connectivity index (χ2v) is 11.8. The van der Waals surface area contributed by atoms with Crippen LogP contribution in [0, 0.1) is 22.0 Å². The van der Waals surface area contributed by atoms with Crippen molar-refractivity contribution in [1.82, 2.24) is 4.90 Å². The van der Waals surface area contributed by atoms with Crippen molar-refractivity contribution in [2.45, 2.75) is 49.4 Å². The maximum Gasteiger partial charge on any atom is 0.282 e. The van der Waals surface area contributed by atoms with E-state index < -0.39 is 16.7 Å². The number of nitrogens with one attached hydrogen (secondary N) is 1. The third kappa shape index (κ3) is 3.41. The highest BCUT2D eigenvalue weighted by atomic mass is 16.6. The van der Waals surface area contributed by atoms with E-state index in [-0.39, 0.29) is 34.3 Å². The molecule has 4 fully saturated rings. The van der Waals surface area contributed by atoms with Gasteiger partial charge in [0.15, 0.2) is 0 Å². The summed E-state index contributed by atoms with van der Waals surface area (Å²) in [5.41, 5.74) is 3.77. The first-order valence-corrected chi connectivity index (χ1v) is 13.4. The van der Waals surface area contributed by atoms with Crippen molar-refractivity contribution in [1.29, 1.82) is 0 Å². The van der Waals surface area contributed by atoms with Crippen LogP contribution in [0.3, 0.4) is 0 Å². The first-order chi connectivity index (χ1) is 18.4. The molecule has 0 spiro atoms. The topological polar surface area (TPSA) is 92.5 Å². The first kappa shape index (κ1) is 23.1. The molecule has 4 bridgehead atoms. The molecule has 1 aliphatic heterocycles. The van der Waals surface area contributed by atoms with Gasteiger partial charge in [-0.1, -0.05) is 48.5 Å². The highest BCUT2D eigenvalue weighted by Gasteiger charge is 2.58. The van der Waals surface area contributed by atoms with Crippen molar-refractivity contribution in [3.05, 3.63) is 105 Å². The summed E-state index contributed by atoms with van der Waals surface area (Å²) in [6, 6.07) is 23.7. The lowest BCUT2D eigenvalue weighted by Crippen LogP contribution is -2.55. The Balaban J connectivity index is 1.10. The third-order valence-electron chi connectivity index (χ3n) is 9.56. The van der Waals surface area contributed by atoms with Gasteiger partial charge >= 0.3 is 0 Å². The van der Waals surface area contributed by atoms with E-state index in [4.69, 9.17) is 0 Å². The molecule has 1 heterocycles. The highest BCUT2D eigenvalue weighted by Crippen LogP contribution is 2.66. The van der Waals surface area contributed by atoms with Gasteiger partial charge in [-0.3, -0.25) is 24.6 Å². The first-order valence-electron chi connectivity index (χ1n) is 13.4. The summed E-state index contributed by atoms with van der Waals surface area (Å²) >= 11 is 0. The number of nitro groups is 1. The Kier molecular flexibility index (Phi) is 5.02. The van der Waals surface area contributed by atoms with Gasteiger partial charge in [-0.15, -0.1) is 0 Å². The van der Waals surface area contributed by atoms with Crippen molar-refractivity contribution in [3.8, 4) is 0 Å². The van der Waals surface area contributed by atoms with Crippen LogP contribution in [-0.2, 0) is 10.8 Å². The predicted molar refractivity (Wildman–Crippen MR) is 143 cm³/mol. The van der Waals surface area contributed by atoms with Crippen molar-refractivity contribution in [3.63, 3.8) is 0 Å². The minimum atomic E-state index is -0.638. The predicted octanol–water partition coefficient (Wildman–Crippen LogP) is 6.05. The Bertz CT molecular complexity index is 1450. The molecule has 0 unspecified atom stereocenters. The zero-order valence-electron chi connectivity index (χ0n) is 21.1. The van der Waals surface area contributed by atoms with E-state index in [0.717, 1.165) is 22.4 Å². The van der Waals surface area contributed by atoms with E-state index >= 15 is 0 Å². The van der Waals surface area contributed by atoms with E-state index in [1.54, 1.807) is 0 Å². The Morgan fingerprint density at radius 3 is 2.08 bits per heavy atom. The number of imide groups is 1. The van der Waals surface area contributed by atoms with Gasteiger partial charge in [-0.25, -0.2) is 0 Å². The molecule has 4 saturated carbocycles. The van der Waals surface area contributed by atoms with Gasteiger partial charge in [0.1, 0.15) is 5.56 Å². The summed E-state index contributed by atoms with van der Waals surface area (Å²) in [5, 5.41) is 14.5. The van der Waals surface area contributed by atoms with Crippen LogP contribution in [0.5, 0.6) is 0 Å². The van der Waals surface area contributed by atoms with Gasteiger partial charge in [-0.2, -0.15) is 0 Å². The Labute approximate surface area is 221 Å². The summed E-state index contributed by atoms with van der Waals surface area (Å²) in [5.74, 6) is 0.387. The molecule has 38 heavy (non-hydrogen) atoms. The van der Waals surface area contributed by atoms with E-state index in [1.165, 1.54) is 67.9 Å². The number of hydrogen-bond donors (Lipinski definition) is 1. The maximum atomic E-state index is 12.9. The maximum absolute atomic E-state index is 12.9. The second-order valence-electron chi connectivity index (χ2n) is 11.8. The standard InChI is InChI=1S/C31H29N3O4/c35-28-25-7-4-8-26(34(37)38)27(25)29(36)33(28)19-32-24-11-9-23(10-12-24)31-16-20-13-21(17-31)15-30(14-20,18-31)22-5-2-1-3-6-22/h1-12,20-21,32H,13-19H2/t20-,21-,30?,31?/m0/s1. The molecule has 3 aromatic carbocycles. The average molecular weight is 508 g/mol. The molecule has 7 nitrogen and oxygen atoms in total. The number of carbonyl (C=O) groups excluding carboxylic acids is 2. The summed E-state index contributed by atoms with van der Waals surface area (Å²) in [7, 11) is 0. The lowest BCUT2D eigenvalue weighted by molar-refractivity contribution is -0.385. The number of benzene rings is 3. The summed E-state index contributed by atoms with van der Waals surface area (Å²) in [6.07, 6.45) is 7.64. The molecular formula is C31H29N3O4. The summed E-state index contributed by atoms with van der Waals surface area (Å²) < 4.78 is 0. The second kappa shape index (κ2) is 8.25. The fourth-order valence-corrected chi connectivity index (χ4v) is 8.45. The summed E-state index contributed by atoms with van der Waals surface area (Å²) in [4.78, 5) is 37.5. The van der Waals surface area contributed by atoms with Crippen LogP contribution in [0.15, 0.2) is 72.8 Å². The van der Waals surface area contributed by atoms with Crippen molar-refractivity contribution in [2.24, 2.45) is 11.8 Å². The molecule has 8 rings (SSSR count). The number of anilines is 1. The van der Waals surface area contributed by atoms with Crippen LogP contribution < -0.4 is 5.32 Å². The fraction of sp³-hybridized carbons (Fsp3) is 0.355. The average Bonchev–Trinajstić information content (AvgIpc) is 3.16. The Morgan fingerprint density at radius 1 is 0.816 bits per heavy atom. The van der Waals surface area contributed by atoms with Gasteiger partial charge in [0.25, 0.3) is 17.5 Å². The number of hydrogen-bond acceptors (Lipinski definition) is 5. The third-order valence-corrected chi connectivity index (χ3v) is 9.56. The zero-order valence-corrected chi connectivity index (χ0v) is 21.1. The van der Waals surface area contributed by atoms with Gasteiger partial charge in [0.05, 0.1) is 17.2 Å². The minimum Gasteiger partial charge on any atom is -0.367 e. The van der Waals surface area contributed by atoms with Gasteiger partial charge in [0.2, 0.25) is 0 Å². The van der Waals surface area contributed by atoms with Crippen LogP contribution in [0.2, 0.25) is 0 Å². The lowest BCUT2D eigenvalue weighted by atomic mass is 9.42. The van der Waals surface area contributed by atoms with E-state index in [2.05, 4.69) is 47.8 Å². The van der Waals surface area contributed by atoms with Gasteiger partial charge in [-0.05, 0) is 90.5 Å². The molecule has 3 aromatic rings. The van der Waals surface area contributed by atoms with Gasteiger partial charge in [0, 0.05) is 11.8 Å². The molecule has 5 aliphatic rings. The molecule has 192 valence electrons. The van der Waals surface area contributed by atoms with Gasteiger partial charge < -0.3 is 5.32 Å².